The molecule has 112 valence electrons. The number of fused-ring (bicyclic) bond motifs is 1. The highest BCUT2D eigenvalue weighted by Crippen LogP contribution is 2.28. The molecule has 2 aromatic rings. The van der Waals surface area contributed by atoms with E-state index in [2.05, 4.69) is 26.8 Å². The van der Waals surface area contributed by atoms with E-state index in [9.17, 15) is 9.90 Å². The van der Waals surface area contributed by atoms with Gasteiger partial charge in [0.05, 0.1) is 11.4 Å². The minimum Gasteiger partial charge on any atom is -0.465 e. The van der Waals surface area contributed by atoms with Crippen LogP contribution < -0.4 is 4.90 Å². The number of likely N-dealkylation sites (N-methyl/N-ethyl adjacent to an activating group) is 1. The standard InChI is InChI=1S/C14H19N5O2/c1-9-4-6-19(14(20)21)7-11(9)18(2)13-10-3-5-15-12(10)16-8-17-13/h3,5,8-9,11H,4,6-7H2,1-2H3,(H,20,21)(H,15,16,17)/t9-,11+/m1/s1. The van der Waals surface area contributed by atoms with Crippen molar-refractivity contribution in [3.05, 3.63) is 18.6 Å². The lowest BCUT2D eigenvalue weighted by Gasteiger charge is -2.41. The third-order valence-corrected chi connectivity index (χ3v) is 4.35. The van der Waals surface area contributed by atoms with Gasteiger partial charge in [-0.05, 0) is 18.4 Å². The zero-order valence-corrected chi connectivity index (χ0v) is 12.2. The summed E-state index contributed by atoms with van der Waals surface area (Å²) in [6.45, 7) is 3.27. The number of likely N-dealkylation sites (tertiary alicyclic amines) is 1. The van der Waals surface area contributed by atoms with E-state index >= 15 is 0 Å². The summed E-state index contributed by atoms with van der Waals surface area (Å²) in [5.74, 6) is 1.25. The average Bonchev–Trinajstić information content (AvgIpc) is 2.95. The lowest BCUT2D eigenvalue weighted by Crippen LogP contribution is -2.52. The molecule has 2 N–H and O–H groups in total. The van der Waals surface area contributed by atoms with Crippen LogP contribution in [0.5, 0.6) is 0 Å². The molecule has 0 aliphatic carbocycles. The summed E-state index contributed by atoms with van der Waals surface area (Å²) in [4.78, 5) is 26.4. The molecule has 0 unspecified atom stereocenters. The number of hydrogen-bond acceptors (Lipinski definition) is 4. The van der Waals surface area contributed by atoms with Crippen LogP contribution >= 0.6 is 0 Å². The topological polar surface area (TPSA) is 85.3 Å². The van der Waals surface area contributed by atoms with E-state index in [1.807, 2.05) is 19.3 Å². The van der Waals surface area contributed by atoms with Crippen molar-refractivity contribution in [2.75, 3.05) is 25.0 Å². The Morgan fingerprint density at radius 1 is 1.52 bits per heavy atom. The van der Waals surface area contributed by atoms with E-state index in [0.717, 1.165) is 23.3 Å². The van der Waals surface area contributed by atoms with Gasteiger partial charge in [-0.2, -0.15) is 0 Å². The van der Waals surface area contributed by atoms with Crippen LogP contribution in [0.1, 0.15) is 13.3 Å². The van der Waals surface area contributed by atoms with E-state index in [4.69, 9.17) is 0 Å². The third-order valence-electron chi connectivity index (χ3n) is 4.35. The number of H-pyrrole nitrogens is 1. The molecule has 0 radical (unpaired) electrons. The monoisotopic (exact) mass is 289 g/mol. The number of carbonyl (C=O) groups is 1. The zero-order valence-electron chi connectivity index (χ0n) is 12.2. The third kappa shape index (κ3) is 2.39. The second-order valence-electron chi connectivity index (χ2n) is 5.61. The molecular formula is C14H19N5O2. The maximum Gasteiger partial charge on any atom is 0.407 e. The second-order valence-corrected chi connectivity index (χ2v) is 5.61. The molecule has 0 aromatic carbocycles. The van der Waals surface area contributed by atoms with Crippen LogP contribution in [0.3, 0.4) is 0 Å². The highest BCUT2D eigenvalue weighted by Gasteiger charge is 2.32. The van der Waals surface area contributed by atoms with Gasteiger partial charge in [-0.25, -0.2) is 14.8 Å². The first-order chi connectivity index (χ1) is 10.1. The van der Waals surface area contributed by atoms with E-state index in [0.29, 0.717) is 19.0 Å². The first-order valence-electron chi connectivity index (χ1n) is 7.06. The number of aromatic amines is 1. The normalized spacial score (nSPS) is 22.5. The summed E-state index contributed by atoms with van der Waals surface area (Å²) >= 11 is 0. The van der Waals surface area contributed by atoms with Crippen LogP contribution in [0.4, 0.5) is 10.6 Å². The number of rotatable bonds is 2. The Hall–Kier alpha value is -2.31. The number of hydrogen-bond donors (Lipinski definition) is 2. The Bertz CT molecular complexity index is 656. The second kappa shape index (κ2) is 5.23. The molecule has 0 bridgehead atoms. The fourth-order valence-electron chi connectivity index (χ4n) is 3.02. The first-order valence-corrected chi connectivity index (χ1v) is 7.06. The summed E-state index contributed by atoms with van der Waals surface area (Å²) in [5.41, 5.74) is 0.797. The first kappa shape index (κ1) is 13.7. The number of carboxylic acid groups (broad SMARTS) is 1. The number of amides is 1. The lowest BCUT2D eigenvalue weighted by atomic mass is 9.92. The average molecular weight is 289 g/mol. The Balaban J connectivity index is 1.91. The van der Waals surface area contributed by atoms with E-state index in [1.165, 1.54) is 11.2 Å². The van der Waals surface area contributed by atoms with Crippen LogP contribution in [-0.2, 0) is 0 Å². The zero-order chi connectivity index (χ0) is 15.0. The van der Waals surface area contributed by atoms with Crippen molar-refractivity contribution in [3.63, 3.8) is 0 Å². The van der Waals surface area contributed by atoms with Gasteiger partial charge in [0, 0.05) is 26.3 Å². The van der Waals surface area contributed by atoms with E-state index in [1.54, 1.807) is 0 Å². The van der Waals surface area contributed by atoms with Crippen molar-refractivity contribution in [3.8, 4) is 0 Å². The lowest BCUT2D eigenvalue weighted by molar-refractivity contribution is 0.118. The maximum atomic E-state index is 11.2. The van der Waals surface area contributed by atoms with Crippen LogP contribution in [0, 0.1) is 5.92 Å². The van der Waals surface area contributed by atoms with Gasteiger partial charge in [0.1, 0.15) is 17.8 Å². The molecule has 0 saturated carbocycles. The molecule has 1 aliphatic rings. The number of anilines is 1. The van der Waals surface area contributed by atoms with Gasteiger partial charge in [0.15, 0.2) is 0 Å². The van der Waals surface area contributed by atoms with Gasteiger partial charge < -0.3 is 19.9 Å². The van der Waals surface area contributed by atoms with Crippen LogP contribution in [0.15, 0.2) is 18.6 Å². The van der Waals surface area contributed by atoms with Gasteiger partial charge in [0.2, 0.25) is 0 Å². The predicted octanol–water partition coefficient (Wildman–Crippen LogP) is 1.78. The van der Waals surface area contributed by atoms with Crippen LogP contribution in [0.2, 0.25) is 0 Å². The summed E-state index contributed by atoms with van der Waals surface area (Å²) in [5, 5.41) is 10.2. The summed E-state index contributed by atoms with van der Waals surface area (Å²) in [7, 11) is 1.97. The minimum absolute atomic E-state index is 0.114. The molecule has 2 aromatic heterocycles. The Morgan fingerprint density at radius 3 is 3.10 bits per heavy atom. The largest absolute Gasteiger partial charge is 0.465 e. The summed E-state index contributed by atoms with van der Waals surface area (Å²) in [6.07, 6.45) is 3.38. The Labute approximate surface area is 122 Å². The van der Waals surface area contributed by atoms with Crippen LogP contribution in [0.25, 0.3) is 11.0 Å². The van der Waals surface area contributed by atoms with Gasteiger partial charge in [-0.3, -0.25) is 0 Å². The molecule has 0 spiro atoms. The van der Waals surface area contributed by atoms with Gasteiger partial charge in [-0.1, -0.05) is 6.92 Å². The maximum absolute atomic E-state index is 11.2. The fourth-order valence-corrected chi connectivity index (χ4v) is 3.02. The molecule has 7 heteroatoms. The molecule has 1 saturated heterocycles. The molecule has 2 atom stereocenters. The molecule has 7 nitrogen and oxygen atoms in total. The van der Waals surface area contributed by atoms with Gasteiger partial charge >= 0.3 is 6.09 Å². The van der Waals surface area contributed by atoms with Crippen molar-refractivity contribution >= 4 is 22.9 Å². The van der Waals surface area contributed by atoms with E-state index in [-0.39, 0.29) is 6.04 Å². The quantitative estimate of drug-likeness (QED) is 0.880. The van der Waals surface area contributed by atoms with Crippen molar-refractivity contribution in [1.29, 1.82) is 0 Å². The van der Waals surface area contributed by atoms with Crippen molar-refractivity contribution in [2.45, 2.75) is 19.4 Å². The SMILES string of the molecule is C[C@@H]1CCN(C(=O)O)C[C@@H]1N(C)c1ncnc2[nH]ccc12. The molecule has 1 amide bonds. The highest BCUT2D eigenvalue weighted by atomic mass is 16.4. The van der Waals surface area contributed by atoms with Crippen molar-refractivity contribution < 1.29 is 9.90 Å². The molecule has 21 heavy (non-hydrogen) atoms. The molecule has 3 heterocycles. The number of nitrogens with zero attached hydrogens (tertiary/aromatic N) is 4. The van der Waals surface area contributed by atoms with Crippen molar-refractivity contribution in [1.82, 2.24) is 19.9 Å². The fraction of sp³-hybridized carbons (Fsp3) is 0.500. The van der Waals surface area contributed by atoms with Crippen LogP contribution in [-0.4, -0.2) is 57.2 Å². The summed E-state index contributed by atoms with van der Waals surface area (Å²) < 4.78 is 0. The summed E-state index contributed by atoms with van der Waals surface area (Å²) in [6, 6.07) is 2.06. The Kier molecular flexibility index (Phi) is 3.40. The van der Waals surface area contributed by atoms with E-state index < -0.39 is 6.09 Å². The van der Waals surface area contributed by atoms with Gasteiger partial charge in [0.25, 0.3) is 0 Å². The molecule has 3 rings (SSSR count). The van der Waals surface area contributed by atoms with Crippen molar-refractivity contribution in [2.24, 2.45) is 5.92 Å². The predicted molar refractivity (Wildman–Crippen MR) is 79.5 cm³/mol. The number of piperidine rings is 1. The number of aromatic nitrogens is 3. The smallest absolute Gasteiger partial charge is 0.407 e. The molecule has 1 aliphatic heterocycles. The highest BCUT2D eigenvalue weighted by molar-refractivity contribution is 5.87. The van der Waals surface area contributed by atoms with Gasteiger partial charge in [-0.15, -0.1) is 0 Å². The molecular weight excluding hydrogens is 270 g/mol. The minimum atomic E-state index is -0.852. The Morgan fingerprint density at radius 2 is 2.33 bits per heavy atom. The molecule has 1 fully saturated rings. The number of nitrogens with one attached hydrogen (secondary N) is 1.